The Kier molecular flexibility index (Phi) is 7.17. The second kappa shape index (κ2) is 10.0. The van der Waals surface area contributed by atoms with Gasteiger partial charge in [0.15, 0.2) is 0 Å². The van der Waals surface area contributed by atoms with Crippen molar-refractivity contribution in [2.45, 2.75) is 19.4 Å². The Hall–Kier alpha value is -2.95. The molecule has 29 heavy (non-hydrogen) atoms. The lowest BCUT2D eigenvalue weighted by molar-refractivity contribution is -0.136. The van der Waals surface area contributed by atoms with E-state index >= 15 is 0 Å². The van der Waals surface area contributed by atoms with E-state index in [9.17, 15) is 9.59 Å². The average molecular weight is 412 g/mol. The zero-order valence-corrected chi connectivity index (χ0v) is 16.7. The quantitative estimate of drug-likeness (QED) is 0.737. The number of piperidine rings is 1. The SMILES string of the molecule is N#Cc1ccc(Cl)cc1NC(=O)C(=O)NCC1CCN(Cc2ccccn2)CC1. The number of rotatable bonds is 5. The average Bonchev–Trinajstić information content (AvgIpc) is 2.74. The minimum atomic E-state index is -0.809. The number of anilines is 1. The molecular formula is C21H22ClN5O2. The van der Waals surface area contributed by atoms with Gasteiger partial charge in [0.1, 0.15) is 6.07 Å². The van der Waals surface area contributed by atoms with Crippen LogP contribution in [0.1, 0.15) is 24.1 Å². The van der Waals surface area contributed by atoms with Gasteiger partial charge in [0, 0.05) is 24.3 Å². The van der Waals surface area contributed by atoms with E-state index in [1.807, 2.05) is 24.3 Å². The molecule has 0 unspecified atom stereocenters. The third-order valence-electron chi connectivity index (χ3n) is 4.93. The Morgan fingerprint density at radius 3 is 2.69 bits per heavy atom. The summed E-state index contributed by atoms with van der Waals surface area (Å²) in [5, 5.41) is 14.6. The van der Waals surface area contributed by atoms with E-state index in [4.69, 9.17) is 16.9 Å². The van der Waals surface area contributed by atoms with Crippen LogP contribution in [0.25, 0.3) is 0 Å². The summed E-state index contributed by atoms with van der Waals surface area (Å²) in [6.45, 7) is 3.13. The van der Waals surface area contributed by atoms with Crippen LogP contribution >= 0.6 is 11.6 Å². The number of likely N-dealkylation sites (tertiary alicyclic amines) is 1. The minimum Gasteiger partial charge on any atom is -0.348 e. The standard InChI is InChI=1S/C21H22ClN5O2/c22-17-5-4-16(12-23)19(11-17)26-21(29)20(28)25-13-15-6-9-27(10-7-15)14-18-3-1-2-8-24-18/h1-5,8,11,15H,6-7,9-10,13-14H2,(H,25,28)(H,26,29). The molecule has 2 aromatic rings. The molecule has 2 heterocycles. The summed E-state index contributed by atoms with van der Waals surface area (Å²) in [6.07, 6.45) is 3.69. The van der Waals surface area contributed by atoms with Crippen LogP contribution < -0.4 is 10.6 Å². The Labute approximate surface area is 174 Å². The molecule has 1 aliphatic rings. The number of halogens is 1. The fourth-order valence-electron chi connectivity index (χ4n) is 3.28. The van der Waals surface area contributed by atoms with E-state index in [1.54, 1.807) is 12.3 Å². The van der Waals surface area contributed by atoms with Crippen LogP contribution in [0.2, 0.25) is 5.02 Å². The molecule has 1 fully saturated rings. The third-order valence-corrected chi connectivity index (χ3v) is 5.16. The highest BCUT2D eigenvalue weighted by atomic mass is 35.5. The number of nitrogens with zero attached hydrogens (tertiary/aromatic N) is 3. The summed E-state index contributed by atoms with van der Waals surface area (Å²) >= 11 is 5.89. The van der Waals surface area contributed by atoms with Crippen LogP contribution in [-0.2, 0) is 16.1 Å². The Bertz CT molecular complexity index is 905. The van der Waals surface area contributed by atoms with Gasteiger partial charge in [-0.2, -0.15) is 5.26 Å². The van der Waals surface area contributed by atoms with E-state index in [1.165, 1.54) is 12.1 Å². The van der Waals surface area contributed by atoms with Crippen LogP contribution in [0.5, 0.6) is 0 Å². The van der Waals surface area contributed by atoms with Crippen LogP contribution in [-0.4, -0.2) is 41.3 Å². The number of nitrogens with one attached hydrogen (secondary N) is 2. The van der Waals surface area contributed by atoms with Crippen LogP contribution in [0.15, 0.2) is 42.6 Å². The van der Waals surface area contributed by atoms with Gasteiger partial charge in [-0.1, -0.05) is 17.7 Å². The zero-order chi connectivity index (χ0) is 20.6. The first-order chi connectivity index (χ1) is 14.0. The van der Waals surface area contributed by atoms with Crippen molar-refractivity contribution in [2.75, 3.05) is 25.0 Å². The molecule has 2 N–H and O–H groups in total. The van der Waals surface area contributed by atoms with Crippen LogP contribution in [0, 0.1) is 17.2 Å². The van der Waals surface area contributed by atoms with Crippen molar-refractivity contribution in [1.29, 1.82) is 5.26 Å². The Balaban J connectivity index is 1.42. The number of benzene rings is 1. The van der Waals surface area contributed by atoms with Crippen LogP contribution in [0.4, 0.5) is 5.69 Å². The fraction of sp³-hybridized carbons (Fsp3) is 0.333. The van der Waals surface area contributed by atoms with Crippen molar-refractivity contribution >= 4 is 29.1 Å². The number of carbonyl (C=O) groups excluding carboxylic acids is 2. The second-order valence-corrected chi connectivity index (χ2v) is 7.44. The zero-order valence-electron chi connectivity index (χ0n) is 15.9. The molecule has 150 valence electrons. The van der Waals surface area contributed by atoms with E-state index < -0.39 is 11.8 Å². The second-order valence-electron chi connectivity index (χ2n) is 7.01. The smallest absolute Gasteiger partial charge is 0.313 e. The van der Waals surface area contributed by atoms with Crippen molar-refractivity contribution in [3.8, 4) is 6.07 Å². The monoisotopic (exact) mass is 411 g/mol. The third kappa shape index (κ3) is 6.01. The Morgan fingerprint density at radius 1 is 1.21 bits per heavy atom. The summed E-state index contributed by atoms with van der Waals surface area (Å²) in [7, 11) is 0. The first kappa shape index (κ1) is 20.8. The summed E-state index contributed by atoms with van der Waals surface area (Å²) < 4.78 is 0. The van der Waals surface area contributed by atoms with Crippen molar-refractivity contribution in [1.82, 2.24) is 15.2 Å². The first-order valence-corrected chi connectivity index (χ1v) is 9.84. The van der Waals surface area contributed by atoms with Crippen molar-refractivity contribution in [2.24, 2.45) is 5.92 Å². The van der Waals surface area contributed by atoms with Gasteiger partial charge in [0.05, 0.1) is 16.9 Å². The van der Waals surface area contributed by atoms with Crippen LogP contribution in [0.3, 0.4) is 0 Å². The number of nitriles is 1. The highest BCUT2D eigenvalue weighted by Crippen LogP contribution is 2.20. The van der Waals surface area contributed by atoms with Gasteiger partial charge in [-0.05, 0) is 62.2 Å². The molecule has 8 heteroatoms. The van der Waals surface area contributed by atoms with E-state index in [0.29, 0.717) is 17.5 Å². The summed E-state index contributed by atoms with van der Waals surface area (Å²) in [5.74, 6) is -1.20. The predicted molar refractivity (Wildman–Crippen MR) is 110 cm³/mol. The van der Waals surface area contributed by atoms with Crippen molar-refractivity contribution in [3.63, 3.8) is 0 Å². The number of amides is 2. The molecule has 0 spiro atoms. The predicted octanol–water partition coefficient (Wildman–Crippen LogP) is 2.57. The van der Waals surface area contributed by atoms with E-state index in [-0.39, 0.29) is 11.3 Å². The molecule has 0 radical (unpaired) electrons. The molecular weight excluding hydrogens is 390 g/mol. The Morgan fingerprint density at radius 2 is 2.00 bits per heavy atom. The number of pyridine rings is 1. The maximum atomic E-state index is 12.1. The minimum absolute atomic E-state index is 0.225. The highest BCUT2D eigenvalue weighted by Gasteiger charge is 2.22. The van der Waals surface area contributed by atoms with Crippen molar-refractivity contribution in [3.05, 3.63) is 58.9 Å². The normalized spacial score (nSPS) is 14.8. The number of hydrogen-bond acceptors (Lipinski definition) is 5. The molecule has 0 atom stereocenters. The maximum Gasteiger partial charge on any atom is 0.313 e. The fourth-order valence-corrected chi connectivity index (χ4v) is 3.46. The molecule has 7 nitrogen and oxygen atoms in total. The van der Waals surface area contributed by atoms with Gasteiger partial charge >= 0.3 is 11.8 Å². The maximum absolute atomic E-state index is 12.1. The topological polar surface area (TPSA) is 98.1 Å². The van der Waals surface area contributed by atoms with Gasteiger partial charge in [0.25, 0.3) is 0 Å². The summed E-state index contributed by atoms with van der Waals surface area (Å²) in [5.41, 5.74) is 1.52. The van der Waals surface area contributed by atoms with Gasteiger partial charge in [-0.3, -0.25) is 19.5 Å². The molecule has 0 aliphatic carbocycles. The molecule has 1 aliphatic heterocycles. The van der Waals surface area contributed by atoms with Gasteiger partial charge < -0.3 is 10.6 Å². The summed E-state index contributed by atoms with van der Waals surface area (Å²) in [6, 6.07) is 12.4. The lowest BCUT2D eigenvalue weighted by Crippen LogP contribution is -2.41. The molecule has 2 amide bonds. The van der Waals surface area contributed by atoms with Gasteiger partial charge in [-0.15, -0.1) is 0 Å². The highest BCUT2D eigenvalue weighted by molar-refractivity contribution is 6.40. The molecule has 1 saturated heterocycles. The largest absolute Gasteiger partial charge is 0.348 e. The molecule has 1 aromatic carbocycles. The summed E-state index contributed by atoms with van der Waals surface area (Å²) in [4.78, 5) is 30.9. The molecule has 0 bridgehead atoms. The van der Waals surface area contributed by atoms with Gasteiger partial charge in [0.2, 0.25) is 0 Å². The first-order valence-electron chi connectivity index (χ1n) is 9.46. The van der Waals surface area contributed by atoms with Gasteiger partial charge in [-0.25, -0.2) is 0 Å². The number of aromatic nitrogens is 1. The molecule has 3 rings (SSSR count). The van der Waals surface area contributed by atoms with E-state index in [0.717, 1.165) is 38.2 Å². The lowest BCUT2D eigenvalue weighted by Gasteiger charge is -2.31. The number of hydrogen-bond donors (Lipinski definition) is 2. The van der Waals surface area contributed by atoms with E-state index in [2.05, 4.69) is 20.5 Å². The molecule has 1 aromatic heterocycles. The lowest BCUT2D eigenvalue weighted by atomic mass is 9.96. The number of carbonyl (C=O) groups is 2. The van der Waals surface area contributed by atoms with Crippen molar-refractivity contribution < 1.29 is 9.59 Å². The molecule has 0 saturated carbocycles.